The van der Waals surface area contributed by atoms with Crippen LogP contribution in [0.25, 0.3) is 0 Å². The van der Waals surface area contributed by atoms with Gasteiger partial charge in [0.25, 0.3) is 0 Å². The molecule has 1 atom stereocenters. The fourth-order valence-corrected chi connectivity index (χ4v) is 1.96. The Morgan fingerprint density at radius 1 is 1.29 bits per heavy atom. The number of hydrogen-bond donors (Lipinski definition) is 2. The molecule has 0 fully saturated rings. The zero-order valence-electron chi connectivity index (χ0n) is 11.7. The second kappa shape index (κ2) is 9.69. The molecule has 0 aliphatic heterocycles. The number of benzene rings is 1. The molecule has 6 nitrogen and oxygen atoms in total. The van der Waals surface area contributed by atoms with E-state index in [1.807, 2.05) is 24.3 Å². The van der Waals surface area contributed by atoms with Gasteiger partial charge in [0.1, 0.15) is 12.6 Å². The van der Waals surface area contributed by atoms with Crippen molar-refractivity contribution >= 4 is 34.5 Å². The third kappa shape index (κ3) is 7.39. The molecule has 0 aromatic heterocycles. The van der Waals surface area contributed by atoms with Gasteiger partial charge >= 0.3 is 5.97 Å². The molecule has 0 spiro atoms. The molecule has 1 rings (SSSR count). The van der Waals surface area contributed by atoms with E-state index in [9.17, 15) is 14.7 Å². The van der Waals surface area contributed by atoms with Crippen molar-refractivity contribution in [3.05, 3.63) is 33.4 Å². The number of carboxylic acids is 1. The molecule has 0 saturated carbocycles. The van der Waals surface area contributed by atoms with Crippen molar-refractivity contribution in [1.82, 2.24) is 5.32 Å². The van der Waals surface area contributed by atoms with Gasteiger partial charge in [-0.05, 0) is 40.3 Å². The predicted octanol–water partition coefficient (Wildman–Crippen LogP) is 1.07. The van der Waals surface area contributed by atoms with E-state index in [-0.39, 0.29) is 13.0 Å². The largest absolute Gasteiger partial charge is 0.480 e. The summed E-state index contributed by atoms with van der Waals surface area (Å²) < 4.78 is 10.9. The standard InChI is InChI=1S/C14H18INO5/c1-20-6-7-21-9-13(17)16-12(14(18)19)8-10-2-4-11(15)5-3-10/h2-5,12H,6-9H2,1H3,(H,16,17)(H,18,19)/t12-/m1/s1. The minimum Gasteiger partial charge on any atom is -0.480 e. The maximum Gasteiger partial charge on any atom is 0.326 e. The highest BCUT2D eigenvalue weighted by Gasteiger charge is 2.20. The number of hydrogen-bond acceptors (Lipinski definition) is 4. The summed E-state index contributed by atoms with van der Waals surface area (Å²) in [4.78, 5) is 22.8. The Morgan fingerprint density at radius 3 is 2.52 bits per heavy atom. The van der Waals surface area contributed by atoms with Crippen LogP contribution in [-0.4, -0.2) is 50.0 Å². The van der Waals surface area contributed by atoms with Crippen LogP contribution < -0.4 is 5.32 Å². The highest BCUT2D eigenvalue weighted by Crippen LogP contribution is 2.09. The molecule has 2 N–H and O–H groups in total. The normalized spacial score (nSPS) is 11.9. The predicted molar refractivity (Wildman–Crippen MR) is 85.1 cm³/mol. The summed E-state index contributed by atoms with van der Waals surface area (Å²) in [5, 5.41) is 11.6. The highest BCUT2D eigenvalue weighted by molar-refractivity contribution is 14.1. The second-order valence-corrected chi connectivity index (χ2v) is 5.58. The molecule has 21 heavy (non-hydrogen) atoms. The van der Waals surface area contributed by atoms with Gasteiger partial charge in [0.15, 0.2) is 0 Å². The summed E-state index contributed by atoms with van der Waals surface area (Å²) in [5.41, 5.74) is 0.850. The van der Waals surface area contributed by atoms with Gasteiger partial charge in [-0.1, -0.05) is 12.1 Å². The van der Waals surface area contributed by atoms with E-state index in [1.54, 1.807) is 0 Å². The quantitative estimate of drug-likeness (QED) is 0.473. The topological polar surface area (TPSA) is 84.9 Å². The van der Waals surface area contributed by atoms with Gasteiger partial charge in [-0.2, -0.15) is 0 Å². The average Bonchev–Trinajstić information content (AvgIpc) is 2.45. The number of nitrogens with one attached hydrogen (secondary N) is 1. The van der Waals surface area contributed by atoms with Crippen molar-refractivity contribution < 1.29 is 24.2 Å². The SMILES string of the molecule is COCCOCC(=O)N[C@H](Cc1ccc(I)cc1)C(=O)O. The average molecular weight is 407 g/mol. The van der Waals surface area contributed by atoms with Gasteiger partial charge in [0, 0.05) is 17.1 Å². The highest BCUT2D eigenvalue weighted by atomic mass is 127. The van der Waals surface area contributed by atoms with Crippen LogP contribution in [0.4, 0.5) is 0 Å². The van der Waals surface area contributed by atoms with Crippen molar-refractivity contribution in [3.63, 3.8) is 0 Å². The van der Waals surface area contributed by atoms with Crippen LogP contribution in [0.1, 0.15) is 5.56 Å². The Kier molecular flexibility index (Phi) is 8.24. The maximum absolute atomic E-state index is 11.6. The molecule has 1 amide bonds. The number of rotatable bonds is 9. The van der Waals surface area contributed by atoms with Gasteiger partial charge in [-0.3, -0.25) is 4.79 Å². The van der Waals surface area contributed by atoms with Gasteiger partial charge in [-0.15, -0.1) is 0 Å². The number of carbonyl (C=O) groups is 2. The molecule has 116 valence electrons. The van der Waals surface area contributed by atoms with Crippen LogP contribution in [-0.2, 0) is 25.5 Å². The second-order valence-electron chi connectivity index (χ2n) is 4.33. The van der Waals surface area contributed by atoms with Gasteiger partial charge in [-0.25, -0.2) is 4.79 Å². The number of methoxy groups -OCH3 is 1. The van der Waals surface area contributed by atoms with E-state index >= 15 is 0 Å². The van der Waals surface area contributed by atoms with Crippen LogP contribution in [0, 0.1) is 3.57 Å². The van der Waals surface area contributed by atoms with Crippen molar-refractivity contribution in [2.75, 3.05) is 26.9 Å². The molecular formula is C14H18INO5. The lowest BCUT2D eigenvalue weighted by Crippen LogP contribution is -2.44. The Morgan fingerprint density at radius 2 is 1.95 bits per heavy atom. The molecular weight excluding hydrogens is 389 g/mol. The van der Waals surface area contributed by atoms with E-state index in [2.05, 4.69) is 27.9 Å². The van der Waals surface area contributed by atoms with Crippen LogP contribution in [0.15, 0.2) is 24.3 Å². The van der Waals surface area contributed by atoms with E-state index in [0.717, 1.165) is 9.13 Å². The van der Waals surface area contributed by atoms with E-state index < -0.39 is 17.9 Å². The Hall–Kier alpha value is -1.19. The summed E-state index contributed by atoms with van der Waals surface area (Å²) in [5.74, 6) is -1.53. The van der Waals surface area contributed by atoms with E-state index in [1.165, 1.54) is 7.11 Å². The molecule has 0 aliphatic rings. The molecule has 0 radical (unpaired) electrons. The number of ether oxygens (including phenoxy) is 2. The van der Waals surface area contributed by atoms with Gasteiger partial charge in [0.05, 0.1) is 13.2 Å². The summed E-state index contributed by atoms with van der Waals surface area (Å²) >= 11 is 2.17. The van der Waals surface area contributed by atoms with Crippen LogP contribution >= 0.6 is 22.6 Å². The number of amides is 1. The number of aliphatic carboxylic acids is 1. The first-order valence-corrected chi connectivity index (χ1v) is 7.44. The first-order chi connectivity index (χ1) is 10.0. The van der Waals surface area contributed by atoms with E-state index in [4.69, 9.17) is 9.47 Å². The lowest BCUT2D eigenvalue weighted by molar-refractivity contribution is -0.142. The summed E-state index contributed by atoms with van der Waals surface area (Å²) in [6.07, 6.45) is 0.232. The summed E-state index contributed by atoms with van der Waals surface area (Å²) in [7, 11) is 1.53. The zero-order chi connectivity index (χ0) is 15.7. The van der Waals surface area contributed by atoms with Crippen LogP contribution in [0.5, 0.6) is 0 Å². The summed E-state index contributed by atoms with van der Waals surface area (Å²) in [6, 6.07) is 6.51. The van der Waals surface area contributed by atoms with Gasteiger partial charge < -0.3 is 19.9 Å². The Balaban J connectivity index is 2.48. The molecule has 1 aromatic rings. The molecule has 0 heterocycles. The van der Waals surface area contributed by atoms with Crippen LogP contribution in [0.3, 0.4) is 0 Å². The number of carboxylic acid groups (broad SMARTS) is 1. The number of halogens is 1. The molecule has 0 saturated heterocycles. The molecule has 1 aromatic carbocycles. The number of carbonyl (C=O) groups excluding carboxylic acids is 1. The smallest absolute Gasteiger partial charge is 0.326 e. The summed E-state index contributed by atoms with van der Waals surface area (Å²) in [6.45, 7) is 0.497. The maximum atomic E-state index is 11.6. The molecule has 0 aliphatic carbocycles. The minimum atomic E-state index is -1.07. The monoisotopic (exact) mass is 407 g/mol. The zero-order valence-corrected chi connectivity index (χ0v) is 13.8. The molecule has 0 unspecified atom stereocenters. The minimum absolute atomic E-state index is 0.181. The van der Waals surface area contributed by atoms with Crippen molar-refractivity contribution in [3.8, 4) is 0 Å². The van der Waals surface area contributed by atoms with Crippen molar-refractivity contribution in [2.24, 2.45) is 0 Å². The Labute approximate surface area is 137 Å². The van der Waals surface area contributed by atoms with E-state index in [0.29, 0.717) is 13.2 Å². The lowest BCUT2D eigenvalue weighted by Gasteiger charge is -2.14. The molecule has 0 bridgehead atoms. The first-order valence-electron chi connectivity index (χ1n) is 6.36. The third-order valence-corrected chi connectivity index (χ3v) is 3.37. The van der Waals surface area contributed by atoms with Crippen molar-refractivity contribution in [2.45, 2.75) is 12.5 Å². The fourth-order valence-electron chi connectivity index (χ4n) is 1.60. The third-order valence-electron chi connectivity index (χ3n) is 2.65. The lowest BCUT2D eigenvalue weighted by atomic mass is 10.1. The molecule has 7 heteroatoms. The van der Waals surface area contributed by atoms with Crippen LogP contribution in [0.2, 0.25) is 0 Å². The fraction of sp³-hybridized carbons (Fsp3) is 0.429. The first kappa shape index (κ1) is 17.9. The van der Waals surface area contributed by atoms with Crippen molar-refractivity contribution in [1.29, 1.82) is 0 Å². The van der Waals surface area contributed by atoms with Gasteiger partial charge in [0.2, 0.25) is 5.91 Å². The Bertz CT molecular complexity index is 463.